The first-order valence-electron chi connectivity index (χ1n) is 8.04. The summed E-state index contributed by atoms with van der Waals surface area (Å²) in [6, 6.07) is 0. The van der Waals surface area contributed by atoms with Crippen molar-refractivity contribution in [3.63, 3.8) is 0 Å². The summed E-state index contributed by atoms with van der Waals surface area (Å²) in [5.41, 5.74) is 0. The summed E-state index contributed by atoms with van der Waals surface area (Å²) in [6.45, 7) is 1.26. The first-order valence-corrected chi connectivity index (χ1v) is 8.04. The molecule has 2 fully saturated rings. The quantitative estimate of drug-likeness (QED) is 0.716. The largest absolute Gasteiger partial charge is 0.319 e. The van der Waals surface area contributed by atoms with Gasteiger partial charge in [0.25, 0.3) is 0 Å². The lowest BCUT2D eigenvalue weighted by atomic mass is 9.76. The molecule has 0 aromatic carbocycles. The van der Waals surface area contributed by atoms with Gasteiger partial charge < -0.3 is 5.32 Å². The van der Waals surface area contributed by atoms with Gasteiger partial charge in [0.15, 0.2) is 0 Å². The van der Waals surface area contributed by atoms with E-state index in [2.05, 4.69) is 12.4 Å². The Bertz CT molecular complexity index is 196. The Balaban J connectivity index is 1.84. The topological polar surface area (TPSA) is 12.0 Å². The van der Waals surface area contributed by atoms with Gasteiger partial charge >= 0.3 is 0 Å². The van der Waals surface area contributed by atoms with Gasteiger partial charge in [-0.25, -0.2) is 0 Å². The first-order chi connectivity index (χ1) is 8.40. The summed E-state index contributed by atoms with van der Waals surface area (Å²) in [7, 11) is 2.13. The lowest BCUT2D eigenvalue weighted by Gasteiger charge is -2.30. The van der Waals surface area contributed by atoms with Crippen LogP contribution in [0.1, 0.15) is 70.6 Å². The predicted molar refractivity (Wildman–Crippen MR) is 75.2 cm³/mol. The second-order valence-corrected chi connectivity index (χ2v) is 6.46. The molecule has 1 heteroatoms. The zero-order chi connectivity index (χ0) is 11.9. The van der Waals surface area contributed by atoms with Crippen molar-refractivity contribution in [3.8, 4) is 0 Å². The van der Waals surface area contributed by atoms with Crippen LogP contribution in [-0.2, 0) is 0 Å². The molecule has 0 aromatic rings. The van der Waals surface area contributed by atoms with Gasteiger partial charge in [-0.05, 0) is 44.2 Å². The van der Waals surface area contributed by atoms with E-state index in [0.717, 1.165) is 17.8 Å². The van der Waals surface area contributed by atoms with E-state index in [1.807, 2.05) is 0 Å². The third kappa shape index (κ3) is 4.28. The molecule has 17 heavy (non-hydrogen) atoms. The summed E-state index contributed by atoms with van der Waals surface area (Å²) in [5.74, 6) is 3.09. The van der Waals surface area contributed by atoms with E-state index in [-0.39, 0.29) is 0 Å². The summed E-state index contributed by atoms with van der Waals surface area (Å²) >= 11 is 0. The molecular weight excluding hydrogens is 206 g/mol. The van der Waals surface area contributed by atoms with E-state index < -0.39 is 0 Å². The van der Waals surface area contributed by atoms with Crippen molar-refractivity contribution >= 4 is 0 Å². The molecule has 2 rings (SSSR count). The van der Waals surface area contributed by atoms with Gasteiger partial charge in [-0.15, -0.1) is 0 Å². The molecule has 0 bridgehead atoms. The van der Waals surface area contributed by atoms with Crippen LogP contribution in [0.5, 0.6) is 0 Å². The van der Waals surface area contributed by atoms with E-state index in [9.17, 15) is 0 Å². The minimum Gasteiger partial charge on any atom is -0.319 e. The second kappa shape index (κ2) is 7.41. The number of nitrogens with one attached hydrogen (secondary N) is 1. The highest BCUT2D eigenvalue weighted by molar-refractivity contribution is 4.79. The molecule has 2 atom stereocenters. The molecule has 2 aliphatic rings. The normalized spacial score (nSPS) is 32.3. The van der Waals surface area contributed by atoms with Crippen molar-refractivity contribution in [2.45, 2.75) is 70.6 Å². The highest BCUT2D eigenvalue weighted by atomic mass is 14.8. The fraction of sp³-hybridized carbons (Fsp3) is 1.00. The zero-order valence-corrected chi connectivity index (χ0v) is 11.7. The minimum atomic E-state index is 0.976. The average Bonchev–Trinajstić information content (AvgIpc) is 2.57. The number of hydrogen-bond acceptors (Lipinski definition) is 1. The van der Waals surface area contributed by atoms with Crippen LogP contribution in [-0.4, -0.2) is 13.6 Å². The van der Waals surface area contributed by atoms with Crippen LogP contribution in [0.3, 0.4) is 0 Å². The molecule has 2 saturated carbocycles. The van der Waals surface area contributed by atoms with Crippen molar-refractivity contribution < 1.29 is 0 Å². The Labute approximate surface area is 108 Å². The molecule has 0 saturated heterocycles. The molecule has 0 aromatic heterocycles. The molecule has 1 N–H and O–H groups in total. The molecule has 0 heterocycles. The van der Waals surface area contributed by atoms with Gasteiger partial charge in [-0.1, -0.05) is 57.8 Å². The fourth-order valence-electron chi connectivity index (χ4n) is 4.15. The van der Waals surface area contributed by atoms with E-state index in [1.165, 1.54) is 70.8 Å². The van der Waals surface area contributed by atoms with Gasteiger partial charge in [0.1, 0.15) is 0 Å². The average molecular weight is 237 g/mol. The summed E-state index contributed by atoms with van der Waals surface area (Å²) < 4.78 is 0. The molecule has 1 nitrogen and oxygen atoms in total. The number of hydrogen-bond donors (Lipinski definition) is 1. The van der Waals surface area contributed by atoms with Crippen LogP contribution in [0.25, 0.3) is 0 Å². The molecule has 0 radical (unpaired) electrons. The fourth-order valence-corrected chi connectivity index (χ4v) is 4.15. The molecule has 100 valence electrons. The van der Waals surface area contributed by atoms with Crippen molar-refractivity contribution in [2.24, 2.45) is 17.8 Å². The summed E-state index contributed by atoms with van der Waals surface area (Å²) in [6.07, 6.45) is 16.6. The Hall–Kier alpha value is -0.0400. The standard InChI is InChI=1S/C16H31N/c1-17-13-16-11-7-3-6-10-15(16)12-14-8-4-2-5-9-14/h14-17H,2-13H2,1H3. The molecular formula is C16H31N. The van der Waals surface area contributed by atoms with Gasteiger partial charge in [0, 0.05) is 0 Å². The molecule has 2 aliphatic carbocycles. The van der Waals surface area contributed by atoms with E-state index in [0.29, 0.717) is 0 Å². The van der Waals surface area contributed by atoms with Crippen molar-refractivity contribution in [1.82, 2.24) is 5.32 Å². The maximum atomic E-state index is 3.43. The summed E-state index contributed by atoms with van der Waals surface area (Å²) in [5, 5.41) is 3.43. The first kappa shape index (κ1) is 13.4. The SMILES string of the molecule is CNCC1CCCCCC1CC1CCCCC1. The third-order valence-electron chi connectivity index (χ3n) is 5.14. The van der Waals surface area contributed by atoms with Crippen molar-refractivity contribution in [3.05, 3.63) is 0 Å². The van der Waals surface area contributed by atoms with Crippen LogP contribution < -0.4 is 5.32 Å². The van der Waals surface area contributed by atoms with E-state index in [1.54, 1.807) is 6.42 Å². The Kier molecular flexibility index (Phi) is 5.84. The highest BCUT2D eigenvalue weighted by Gasteiger charge is 2.26. The van der Waals surface area contributed by atoms with Gasteiger partial charge in [-0.2, -0.15) is 0 Å². The molecule has 0 amide bonds. The minimum absolute atomic E-state index is 0.976. The molecule has 0 spiro atoms. The Morgan fingerprint density at radius 3 is 2.00 bits per heavy atom. The Morgan fingerprint density at radius 1 is 0.765 bits per heavy atom. The Morgan fingerprint density at radius 2 is 1.35 bits per heavy atom. The van der Waals surface area contributed by atoms with Crippen molar-refractivity contribution in [1.29, 1.82) is 0 Å². The van der Waals surface area contributed by atoms with E-state index >= 15 is 0 Å². The smallest absolute Gasteiger partial charge is 0.00209 e. The lowest BCUT2D eigenvalue weighted by Crippen LogP contribution is -2.27. The van der Waals surface area contributed by atoms with Gasteiger partial charge in [0.2, 0.25) is 0 Å². The van der Waals surface area contributed by atoms with E-state index in [4.69, 9.17) is 0 Å². The number of rotatable bonds is 4. The summed E-state index contributed by atoms with van der Waals surface area (Å²) in [4.78, 5) is 0. The third-order valence-corrected chi connectivity index (χ3v) is 5.14. The van der Waals surface area contributed by atoms with Crippen LogP contribution in [0, 0.1) is 17.8 Å². The van der Waals surface area contributed by atoms with Crippen LogP contribution in [0.2, 0.25) is 0 Å². The predicted octanol–water partition coefficient (Wildman–Crippen LogP) is 4.37. The highest BCUT2D eigenvalue weighted by Crippen LogP contribution is 2.37. The van der Waals surface area contributed by atoms with Crippen LogP contribution in [0.15, 0.2) is 0 Å². The second-order valence-electron chi connectivity index (χ2n) is 6.46. The van der Waals surface area contributed by atoms with Crippen LogP contribution >= 0.6 is 0 Å². The monoisotopic (exact) mass is 237 g/mol. The van der Waals surface area contributed by atoms with Crippen LogP contribution in [0.4, 0.5) is 0 Å². The molecule has 0 aliphatic heterocycles. The molecule has 2 unspecified atom stereocenters. The maximum Gasteiger partial charge on any atom is -0.00209 e. The zero-order valence-electron chi connectivity index (χ0n) is 11.7. The van der Waals surface area contributed by atoms with Crippen molar-refractivity contribution in [2.75, 3.05) is 13.6 Å². The van der Waals surface area contributed by atoms with Gasteiger partial charge in [0.05, 0.1) is 0 Å². The van der Waals surface area contributed by atoms with Gasteiger partial charge in [-0.3, -0.25) is 0 Å². The maximum absolute atomic E-state index is 3.43. The lowest BCUT2D eigenvalue weighted by molar-refractivity contribution is 0.216.